The SMILES string of the molecule is CC(C)(C)OC(=O)NCc1ccc(F)cc1NC(=O)OC(C)(C)C. The highest BCUT2D eigenvalue weighted by Gasteiger charge is 2.19. The Labute approximate surface area is 141 Å². The van der Waals surface area contributed by atoms with E-state index in [2.05, 4.69) is 10.6 Å². The molecule has 1 aromatic carbocycles. The molecule has 0 aliphatic carbocycles. The van der Waals surface area contributed by atoms with E-state index in [0.717, 1.165) is 6.07 Å². The van der Waals surface area contributed by atoms with Crippen molar-refractivity contribution in [2.45, 2.75) is 59.3 Å². The minimum atomic E-state index is -0.702. The van der Waals surface area contributed by atoms with E-state index in [0.29, 0.717) is 5.56 Å². The summed E-state index contributed by atoms with van der Waals surface area (Å²) in [5.41, 5.74) is -0.551. The predicted octanol–water partition coefficient (Wildman–Crippen LogP) is 4.20. The minimum Gasteiger partial charge on any atom is -0.444 e. The molecule has 134 valence electrons. The van der Waals surface area contributed by atoms with E-state index < -0.39 is 29.2 Å². The highest BCUT2D eigenvalue weighted by molar-refractivity contribution is 5.86. The number of hydrogen-bond donors (Lipinski definition) is 2. The smallest absolute Gasteiger partial charge is 0.412 e. The second kappa shape index (κ2) is 7.51. The van der Waals surface area contributed by atoms with Gasteiger partial charge in [-0.15, -0.1) is 0 Å². The van der Waals surface area contributed by atoms with E-state index in [1.54, 1.807) is 41.5 Å². The highest BCUT2D eigenvalue weighted by Crippen LogP contribution is 2.19. The molecule has 0 fully saturated rings. The maximum atomic E-state index is 13.5. The van der Waals surface area contributed by atoms with Crippen molar-refractivity contribution < 1.29 is 23.5 Å². The quantitative estimate of drug-likeness (QED) is 0.864. The molecule has 0 aliphatic heterocycles. The molecule has 0 spiro atoms. The molecule has 0 saturated heterocycles. The molecule has 7 heteroatoms. The lowest BCUT2D eigenvalue weighted by molar-refractivity contribution is 0.0523. The first-order valence-corrected chi connectivity index (χ1v) is 7.61. The molecular formula is C17H25FN2O4. The number of carbonyl (C=O) groups excluding carboxylic acids is 2. The van der Waals surface area contributed by atoms with Crippen LogP contribution >= 0.6 is 0 Å². The molecule has 6 nitrogen and oxygen atoms in total. The van der Waals surface area contributed by atoms with Crippen molar-refractivity contribution in [3.8, 4) is 0 Å². The van der Waals surface area contributed by atoms with Gasteiger partial charge in [-0.2, -0.15) is 0 Å². The summed E-state index contributed by atoms with van der Waals surface area (Å²) in [5.74, 6) is -0.512. The second-order valence-corrected chi connectivity index (χ2v) is 7.28. The average molecular weight is 340 g/mol. The maximum absolute atomic E-state index is 13.5. The van der Waals surface area contributed by atoms with Crippen LogP contribution in [0.3, 0.4) is 0 Å². The topological polar surface area (TPSA) is 76.7 Å². The van der Waals surface area contributed by atoms with E-state index >= 15 is 0 Å². The Kier molecular flexibility index (Phi) is 6.17. The van der Waals surface area contributed by atoms with Gasteiger partial charge in [0.05, 0.1) is 5.69 Å². The third-order valence-electron chi connectivity index (χ3n) is 2.53. The Morgan fingerprint density at radius 2 is 1.54 bits per heavy atom. The zero-order chi connectivity index (χ0) is 18.5. The Bertz CT molecular complexity index is 604. The zero-order valence-electron chi connectivity index (χ0n) is 15.0. The number of carbonyl (C=O) groups is 2. The van der Waals surface area contributed by atoms with Gasteiger partial charge in [0.15, 0.2) is 0 Å². The lowest BCUT2D eigenvalue weighted by Crippen LogP contribution is -2.32. The van der Waals surface area contributed by atoms with Crippen molar-refractivity contribution in [1.82, 2.24) is 5.32 Å². The van der Waals surface area contributed by atoms with Gasteiger partial charge in [0, 0.05) is 6.54 Å². The third-order valence-corrected chi connectivity index (χ3v) is 2.53. The number of anilines is 1. The monoisotopic (exact) mass is 340 g/mol. The number of halogens is 1. The van der Waals surface area contributed by atoms with E-state index in [9.17, 15) is 14.0 Å². The van der Waals surface area contributed by atoms with Crippen molar-refractivity contribution in [1.29, 1.82) is 0 Å². The lowest BCUT2D eigenvalue weighted by atomic mass is 10.1. The molecule has 0 radical (unpaired) electrons. The first-order valence-electron chi connectivity index (χ1n) is 7.61. The molecule has 0 aliphatic rings. The molecule has 1 aromatic rings. The zero-order valence-corrected chi connectivity index (χ0v) is 15.0. The number of amides is 2. The maximum Gasteiger partial charge on any atom is 0.412 e. The van der Waals surface area contributed by atoms with E-state index in [1.807, 2.05) is 0 Å². The van der Waals surface area contributed by atoms with Gasteiger partial charge >= 0.3 is 12.2 Å². The van der Waals surface area contributed by atoms with Gasteiger partial charge in [0.2, 0.25) is 0 Å². The first kappa shape index (κ1) is 19.7. The summed E-state index contributed by atoms with van der Waals surface area (Å²) in [6, 6.07) is 3.88. The lowest BCUT2D eigenvalue weighted by Gasteiger charge is -2.21. The van der Waals surface area contributed by atoms with Crippen LogP contribution in [0.15, 0.2) is 18.2 Å². The molecule has 0 aromatic heterocycles. The number of ether oxygens (including phenoxy) is 2. The van der Waals surface area contributed by atoms with Gasteiger partial charge < -0.3 is 14.8 Å². The van der Waals surface area contributed by atoms with Gasteiger partial charge in [-0.05, 0) is 59.2 Å². The van der Waals surface area contributed by atoms with Crippen molar-refractivity contribution in [3.05, 3.63) is 29.6 Å². The van der Waals surface area contributed by atoms with Crippen LogP contribution in [0.5, 0.6) is 0 Å². The average Bonchev–Trinajstić information content (AvgIpc) is 2.33. The Morgan fingerprint density at radius 3 is 2.08 bits per heavy atom. The van der Waals surface area contributed by atoms with Gasteiger partial charge in [-0.3, -0.25) is 5.32 Å². The number of hydrogen-bond acceptors (Lipinski definition) is 4. The Balaban J connectivity index is 2.78. The Hall–Kier alpha value is -2.31. The normalized spacial score (nSPS) is 11.6. The molecule has 0 unspecified atom stereocenters. The van der Waals surface area contributed by atoms with E-state index in [-0.39, 0.29) is 12.2 Å². The van der Waals surface area contributed by atoms with Crippen LogP contribution in [0.1, 0.15) is 47.1 Å². The molecular weight excluding hydrogens is 315 g/mol. The fourth-order valence-corrected chi connectivity index (χ4v) is 1.71. The van der Waals surface area contributed by atoms with Crippen LogP contribution in [-0.4, -0.2) is 23.4 Å². The minimum absolute atomic E-state index is 0.0698. The summed E-state index contributed by atoms with van der Waals surface area (Å²) in [6.07, 6.45) is -1.30. The summed E-state index contributed by atoms with van der Waals surface area (Å²) < 4.78 is 23.7. The van der Waals surface area contributed by atoms with Crippen LogP contribution in [0.4, 0.5) is 19.7 Å². The van der Waals surface area contributed by atoms with Crippen molar-refractivity contribution in [2.75, 3.05) is 5.32 Å². The highest BCUT2D eigenvalue weighted by atomic mass is 19.1. The van der Waals surface area contributed by atoms with Crippen LogP contribution < -0.4 is 10.6 Å². The molecule has 0 heterocycles. The molecule has 1 rings (SSSR count). The number of benzene rings is 1. The van der Waals surface area contributed by atoms with Crippen molar-refractivity contribution in [2.24, 2.45) is 0 Å². The van der Waals surface area contributed by atoms with E-state index in [4.69, 9.17) is 9.47 Å². The number of alkyl carbamates (subject to hydrolysis) is 1. The molecule has 0 bridgehead atoms. The number of nitrogens with one attached hydrogen (secondary N) is 2. The molecule has 24 heavy (non-hydrogen) atoms. The largest absolute Gasteiger partial charge is 0.444 e. The van der Waals surface area contributed by atoms with Gasteiger partial charge in [-0.1, -0.05) is 6.07 Å². The van der Waals surface area contributed by atoms with Crippen molar-refractivity contribution >= 4 is 17.9 Å². The summed E-state index contributed by atoms with van der Waals surface area (Å²) in [4.78, 5) is 23.6. The Morgan fingerprint density at radius 1 is 1.00 bits per heavy atom. The molecule has 2 amide bonds. The fourth-order valence-electron chi connectivity index (χ4n) is 1.71. The molecule has 0 atom stereocenters. The van der Waals surface area contributed by atoms with E-state index in [1.165, 1.54) is 12.1 Å². The van der Waals surface area contributed by atoms with Crippen LogP contribution in [0, 0.1) is 5.82 Å². The number of rotatable bonds is 3. The summed E-state index contributed by atoms with van der Waals surface area (Å²) in [6.45, 7) is 10.5. The summed E-state index contributed by atoms with van der Waals surface area (Å²) in [7, 11) is 0. The van der Waals surface area contributed by atoms with Gasteiger partial charge in [0.25, 0.3) is 0 Å². The van der Waals surface area contributed by atoms with Gasteiger partial charge in [0.1, 0.15) is 17.0 Å². The first-order chi connectivity index (χ1) is 10.9. The van der Waals surface area contributed by atoms with Crippen LogP contribution in [0.2, 0.25) is 0 Å². The second-order valence-electron chi connectivity index (χ2n) is 7.28. The fraction of sp³-hybridized carbons (Fsp3) is 0.529. The van der Waals surface area contributed by atoms with Crippen molar-refractivity contribution in [3.63, 3.8) is 0 Å². The standard InChI is InChI=1S/C17H25FN2O4/c1-16(2,3)23-14(21)19-10-11-7-8-12(18)9-13(11)20-15(22)24-17(4,5)6/h7-9H,10H2,1-6H3,(H,19,21)(H,20,22). The van der Waals surface area contributed by atoms with Crippen LogP contribution in [0.25, 0.3) is 0 Å². The van der Waals surface area contributed by atoms with Crippen LogP contribution in [-0.2, 0) is 16.0 Å². The summed E-state index contributed by atoms with van der Waals surface area (Å²) >= 11 is 0. The third kappa shape index (κ3) is 7.80. The van der Waals surface area contributed by atoms with Gasteiger partial charge in [-0.25, -0.2) is 14.0 Å². The molecule has 0 saturated carbocycles. The molecule has 2 N–H and O–H groups in total. The predicted molar refractivity (Wildman–Crippen MR) is 89.3 cm³/mol. The summed E-state index contributed by atoms with van der Waals surface area (Å²) in [5, 5.41) is 5.05.